The average Bonchev–Trinajstić information content (AvgIpc) is 2.78. The Kier molecular flexibility index (Phi) is 6.25. The van der Waals surface area contributed by atoms with E-state index in [0.29, 0.717) is 43.2 Å². The van der Waals surface area contributed by atoms with Crippen LogP contribution in [0, 0.1) is 4.91 Å². The van der Waals surface area contributed by atoms with Crippen LogP contribution in [-0.2, 0) is 16.2 Å². The fourth-order valence-electron chi connectivity index (χ4n) is 4.27. The number of aromatic nitrogens is 1. The Bertz CT molecular complexity index is 1190. The molecular formula is C19H22F3N4O4S2+. The lowest BCUT2D eigenvalue weighted by molar-refractivity contribution is -0.376. The van der Waals surface area contributed by atoms with Gasteiger partial charge in [-0.3, -0.25) is 0 Å². The number of hydrogen-bond donors (Lipinski definition) is 0. The molecule has 0 spiro atoms. The summed E-state index contributed by atoms with van der Waals surface area (Å²) >= 11 is 0.956. The van der Waals surface area contributed by atoms with Crippen LogP contribution >= 0.6 is 11.3 Å². The third-order valence-electron chi connectivity index (χ3n) is 6.02. The number of anilines is 1. The van der Waals surface area contributed by atoms with E-state index in [2.05, 4.69) is 10.2 Å². The van der Waals surface area contributed by atoms with Crippen LogP contribution in [0.25, 0.3) is 10.1 Å². The molecule has 13 heteroatoms. The van der Waals surface area contributed by atoms with E-state index in [1.165, 1.54) is 4.31 Å². The van der Waals surface area contributed by atoms with Gasteiger partial charge in [0.15, 0.2) is 0 Å². The third kappa shape index (κ3) is 4.37. The summed E-state index contributed by atoms with van der Waals surface area (Å²) in [5.41, 5.74) is -2.33. The van der Waals surface area contributed by atoms with Crippen LogP contribution in [0.5, 0.6) is 0 Å². The molecule has 2 aliphatic rings. The Hall–Kier alpha value is -2.12. The standard InChI is InChI=1S/C19H21F3N4O4S2/c20-19(21,22)12-10-14-16(15(11-12)24-28)31-18(23-17(14)27)25-6-8-26(9-7-25)32(29,30)13-4-2-1-3-5-13/h10-11,13H,1-9H2/p+1. The molecule has 1 saturated heterocycles. The lowest BCUT2D eigenvalue weighted by atomic mass is 10.0. The van der Waals surface area contributed by atoms with Gasteiger partial charge in [0.05, 0.1) is 34.0 Å². The maximum Gasteiger partial charge on any atom is 0.416 e. The van der Waals surface area contributed by atoms with Crippen LogP contribution in [-0.4, -0.2) is 44.2 Å². The lowest BCUT2D eigenvalue weighted by Gasteiger charge is -2.33. The molecule has 32 heavy (non-hydrogen) atoms. The van der Waals surface area contributed by atoms with Gasteiger partial charge in [-0.2, -0.15) is 22.5 Å². The molecule has 1 aromatic heterocycles. The summed E-state index contributed by atoms with van der Waals surface area (Å²) in [4.78, 5) is 28.1. The summed E-state index contributed by atoms with van der Waals surface area (Å²) in [6.45, 7) is 1.12. The summed E-state index contributed by atoms with van der Waals surface area (Å²) in [7, 11) is -3.39. The van der Waals surface area contributed by atoms with Gasteiger partial charge in [0.2, 0.25) is 10.0 Å². The Balaban J connectivity index is 1.59. The van der Waals surface area contributed by atoms with Gasteiger partial charge in [0.1, 0.15) is 18.8 Å². The van der Waals surface area contributed by atoms with Crippen molar-refractivity contribution in [1.82, 2.24) is 4.31 Å². The first-order valence-electron chi connectivity index (χ1n) is 10.3. The zero-order valence-electron chi connectivity index (χ0n) is 17.0. The average molecular weight is 492 g/mol. The minimum atomic E-state index is -4.72. The van der Waals surface area contributed by atoms with E-state index in [1.54, 1.807) is 4.90 Å². The first kappa shape index (κ1) is 23.1. The second kappa shape index (κ2) is 8.67. The molecule has 2 aromatic rings. The molecule has 0 radical (unpaired) electrons. The van der Waals surface area contributed by atoms with E-state index in [9.17, 15) is 31.3 Å². The van der Waals surface area contributed by atoms with Crippen molar-refractivity contribution < 1.29 is 26.6 Å². The number of nitrogens with one attached hydrogen (secondary N) is 1. The van der Waals surface area contributed by atoms with Crippen molar-refractivity contribution in [3.8, 4) is 0 Å². The summed E-state index contributed by atoms with van der Waals surface area (Å²) in [5.74, 6) is 0. The van der Waals surface area contributed by atoms with Crippen molar-refractivity contribution in [3.05, 3.63) is 33.0 Å². The van der Waals surface area contributed by atoms with Gasteiger partial charge in [0.25, 0.3) is 0 Å². The number of halogens is 3. The molecular weight excluding hydrogens is 469 g/mol. The Morgan fingerprint density at radius 1 is 1.06 bits per heavy atom. The molecule has 2 heterocycles. The van der Waals surface area contributed by atoms with Crippen molar-refractivity contribution >= 4 is 42.3 Å². The summed E-state index contributed by atoms with van der Waals surface area (Å²) in [6.07, 6.45) is -0.504. The Labute approximate surface area is 186 Å². The molecule has 0 atom stereocenters. The number of fused-ring (bicyclic) bond motifs is 1. The Morgan fingerprint density at radius 3 is 2.31 bits per heavy atom. The first-order valence-corrected chi connectivity index (χ1v) is 12.6. The zero-order valence-corrected chi connectivity index (χ0v) is 18.7. The fraction of sp³-hybridized carbons (Fsp3) is 0.579. The fourth-order valence-corrected chi connectivity index (χ4v) is 7.40. The van der Waals surface area contributed by atoms with Crippen molar-refractivity contribution in [3.63, 3.8) is 0 Å². The molecule has 1 saturated carbocycles. The second-order valence-electron chi connectivity index (χ2n) is 8.01. The highest BCUT2D eigenvalue weighted by molar-refractivity contribution is 7.89. The maximum absolute atomic E-state index is 13.1. The van der Waals surface area contributed by atoms with Crippen molar-refractivity contribution in [2.75, 3.05) is 31.1 Å². The van der Waals surface area contributed by atoms with E-state index in [4.69, 9.17) is 0 Å². The monoisotopic (exact) mass is 491 g/mol. The number of hydrogen-bond acceptors (Lipinski definition) is 7. The predicted molar refractivity (Wildman–Crippen MR) is 115 cm³/mol. The van der Waals surface area contributed by atoms with Crippen molar-refractivity contribution in [2.24, 2.45) is 5.18 Å². The molecule has 1 aliphatic carbocycles. The number of benzene rings is 1. The number of H-pyrrole nitrogens is 1. The number of sulfonamides is 1. The van der Waals surface area contributed by atoms with Gasteiger partial charge < -0.3 is 0 Å². The van der Waals surface area contributed by atoms with E-state index in [0.717, 1.165) is 30.6 Å². The highest BCUT2D eigenvalue weighted by atomic mass is 32.2. The normalized spacial score (nSPS) is 19.4. The van der Waals surface area contributed by atoms with Gasteiger partial charge >= 0.3 is 16.9 Å². The van der Waals surface area contributed by atoms with Crippen molar-refractivity contribution in [1.29, 1.82) is 0 Å². The highest BCUT2D eigenvalue weighted by Gasteiger charge is 2.37. The predicted octanol–water partition coefficient (Wildman–Crippen LogP) is 3.28. The highest BCUT2D eigenvalue weighted by Crippen LogP contribution is 2.38. The summed E-state index contributed by atoms with van der Waals surface area (Å²) < 4.78 is 66.6. The number of piperazine rings is 1. The number of nitrogens with zero attached hydrogens (tertiary/aromatic N) is 3. The largest absolute Gasteiger partial charge is 0.416 e. The SMILES string of the molecule is O=Nc1cc(C(F)(F)F)cc2c(=O)[nH+]c(N3CCN(S(=O)(=O)C4CCCCC4)CC3)sc12. The first-order chi connectivity index (χ1) is 15.1. The van der Waals surface area contributed by atoms with Gasteiger partial charge in [-0.05, 0) is 41.5 Å². The number of rotatable bonds is 4. The van der Waals surface area contributed by atoms with Crippen LogP contribution < -0.4 is 15.4 Å². The topological polar surface area (TPSA) is 101 Å². The smallest absolute Gasteiger partial charge is 0.250 e. The minimum Gasteiger partial charge on any atom is -0.250 e. The molecule has 1 aromatic carbocycles. The molecule has 0 unspecified atom stereocenters. The van der Waals surface area contributed by atoms with Crippen LogP contribution in [0.3, 0.4) is 0 Å². The quantitative estimate of drug-likeness (QED) is 0.611. The van der Waals surface area contributed by atoms with Gasteiger partial charge in [-0.15, -0.1) is 4.91 Å². The molecule has 2 fully saturated rings. The van der Waals surface area contributed by atoms with Crippen LogP contribution in [0.15, 0.2) is 22.1 Å². The van der Waals surface area contributed by atoms with E-state index >= 15 is 0 Å². The second-order valence-corrected chi connectivity index (χ2v) is 11.2. The molecule has 1 N–H and O–H groups in total. The molecule has 0 amide bonds. The minimum absolute atomic E-state index is 0.0593. The molecule has 174 valence electrons. The third-order valence-corrected chi connectivity index (χ3v) is 9.60. The number of aromatic amines is 1. The van der Waals surface area contributed by atoms with Crippen molar-refractivity contribution in [2.45, 2.75) is 43.5 Å². The van der Waals surface area contributed by atoms with Gasteiger partial charge in [0, 0.05) is 0 Å². The van der Waals surface area contributed by atoms with Crippen LogP contribution in [0.2, 0.25) is 0 Å². The summed E-state index contributed by atoms with van der Waals surface area (Å²) in [5, 5.41) is 2.43. The molecule has 0 bridgehead atoms. The van der Waals surface area contributed by atoms with E-state index in [-0.39, 0.29) is 28.4 Å². The van der Waals surface area contributed by atoms with Gasteiger partial charge in [-0.25, -0.2) is 18.1 Å². The zero-order chi connectivity index (χ0) is 23.1. The van der Waals surface area contributed by atoms with E-state index < -0.39 is 33.0 Å². The van der Waals surface area contributed by atoms with Gasteiger partial charge in [-0.1, -0.05) is 19.3 Å². The molecule has 4 rings (SSSR count). The lowest BCUT2D eigenvalue weighted by Crippen LogP contribution is -2.52. The number of alkyl halides is 3. The molecule has 1 aliphatic heterocycles. The maximum atomic E-state index is 13.1. The van der Waals surface area contributed by atoms with Crippen LogP contribution in [0.1, 0.15) is 37.7 Å². The summed E-state index contributed by atoms with van der Waals surface area (Å²) in [6, 6.07) is 1.33. The Morgan fingerprint density at radius 2 is 1.72 bits per heavy atom. The van der Waals surface area contributed by atoms with E-state index in [1.807, 2.05) is 0 Å². The number of nitroso groups, excluding NO2 is 1. The van der Waals surface area contributed by atoms with Crippen LogP contribution in [0.4, 0.5) is 24.0 Å². The molecule has 8 nitrogen and oxygen atoms in total.